The van der Waals surface area contributed by atoms with Crippen molar-refractivity contribution in [3.8, 4) is 0 Å². The minimum absolute atomic E-state index is 0.271. The third kappa shape index (κ3) is 4.11. The summed E-state index contributed by atoms with van der Waals surface area (Å²) in [6.07, 6.45) is -2.19. The van der Waals surface area contributed by atoms with E-state index < -0.39 is 12.8 Å². The Labute approximate surface area is 110 Å². The second kappa shape index (κ2) is 5.79. The first-order chi connectivity index (χ1) is 8.96. The van der Waals surface area contributed by atoms with Gasteiger partial charge in [-0.1, -0.05) is 12.1 Å². The normalized spacial score (nSPS) is 15.5. The zero-order valence-corrected chi connectivity index (χ0v) is 10.8. The Morgan fingerprint density at radius 2 is 2.16 bits per heavy atom. The predicted molar refractivity (Wildman–Crippen MR) is 66.9 cm³/mol. The van der Waals surface area contributed by atoms with Crippen LogP contribution < -0.4 is 10.4 Å². The molecule has 1 aliphatic heterocycles. The molecule has 0 radical (unpaired) electrons. The van der Waals surface area contributed by atoms with E-state index in [-0.39, 0.29) is 6.54 Å². The van der Waals surface area contributed by atoms with E-state index in [0.717, 1.165) is 24.9 Å². The zero-order chi connectivity index (χ0) is 13.9. The molecule has 0 aromatic heterocycles. The number of benzene rings is 1. The molecule has 106 valence electrons. The molecule has 6 heteroatoms. The van der Waals surface area contributed by atoms with Crippen LogP contribution in [0.2, 0.25) is 0 Å². The van der Waals surface area contributed by atoms with Crippen LogP contribution in [0.25, 0.3) is 0 Å². The lowest BCUT2D eigenvalue weighted by atomic mass is 10.00. The highest BCUT2D eigenvalue weighted by atomic mass is 19.4. The van der Waals surface area contributed by atoms with Crippen molar-refractivity contribution in [1.29, 1.82) is 0 Å². The summed E-state index contributed by atoms with van der Waals surface area (Å²) in [5.74, 6) is 0. The van der Waals surface area contributed by atoms with Crippen LogP contribution in [0.15, 0.2) is 18.2 Å². The first kappa shape index (κ1) is 14.1. The highest BCUT2D eigenvalue weighted by molar-refractivity contribution is 5.56. The molecule has 0 saturated carbocycles. The van der Waals surface area contributed by atoms with Gasteiger partial charge in [0.15, 0.2) is 6.61 Å². The van der Waals surface area contributed by atoms with Crippen molar-refractivity contribution in [2.45, 2.75) is 25.6 Å². The van der Waals surface area contributed by atoms with E-state index in [9.17, 15) is 13.2 Å². The van der Waals surface area contributed by atoms with Crippen molar-refractivity contribution >= 4 is 5.69 Å². The molecule has 19 heavy (non-hydrogen) atoms. The van der Waals surface area contributed by atoms with Gasteiger partial charge in [0.05, 0.1) is 0 Å². The molecule has 0 saturated heterocycles. The molecule has 0 amide bonds. The summed E-state index contributed by atoms with van der Waals surface area (Å²) in [6.45, 7) is 0.0348. The van der Waals surface area contributed by atoms with Gasteiger partial charge < -0.3 is 4.90 Å². The molecule has 1 aromatic rings. The first-order valence-corrected chi connectivity index (χ1v) is 6.20. The summed E-state index contributed by atoms with van der Waals surface area (Å²) in [7, 11) is 2.04. The molecule has 3 nitrogen and oxygen atoms in total. The van der Waals surface area contributed by atoms with Crippen LogP contribution in [0, 0.1) is 0 Å². The molecule has 0 atom stereocenters. The smallest absolute Gasteiger partial charge is 0.374 e. The van der Waals surface area contributed by atoms with Crippen LogP contribution in [0.4, 0.5) is 18.9 Å². The Hall–Kier alpha value is -1.27. The van der Waals surface area contributed by atoms with Gasteiger partial charge in [-0.3, -0.25) is 4.84 Å². The van der Waals surface area contributed by atoms with Crippen molar-refractivity contribution in [3.63, 3.8) is 0 Å². The van der Waals surface area contributed by atoms with Crippen LogP contribution in [-0.4, -0.2) is 26.4 Å². The Balaban J connectivity index is 1.88. The van der Waals surface area contributed by atoms with Crippen LogP contribution in [0.5, 0.6) is 0 Å². The molecule has 1 aliphatic rings. The van der Waals surface area contributed by atoms with Gasteiger partial charge in [0.25, 0.3) is 0 Å². The number of nitrogens with zero attached hydrogens (tertiary/aromatic N) is 1. The minimum Gasteiger partial charge on any atom is -0.374 e. The zero-order valence-electron chi connectivity index (χ0n) is 10.8. The molecule has 0 fully saturated rings. The molecule has 1 heterocycles. The fraction of sp³-hybridized carbons (Fsp3) is 0.538. The van der Waals surface area contributed by atoms with Crippen molar-refractivity contribution in [3.05, 3.63) is 29.3 Å². The van der Waals surface area contributed by atoms with Gasteiger partial charge in [0.1, 0.15) is 0 Å². The molecule has 2 rings (SSSR count). The molecule has 0 unspecified atom stereocenters. The predicted octanol–water partition coefficient (Wildman–Crippen LogP) is 2.65. The average molecular weight is 274 g/mol. The van der Waals surface area contributed by atoms with Crippen molar-refractivity contribution in [1.82, 2.24) is 5.48 Å². The van der Waals surface area contributed by atoms with E-state index in [4.69, 9.17) is 0 Å². The van der Waals surface area contributed by atoms with Crippen molar-refractivity contribution in [2.75, 3.05) is 25.1 Å². The Morgan fingerprint density at radius 1 is 1.37 bits per heavy atom. The Morgan fingerprint density at radius 3 is 2.89 bits per heavy atom. The van der Waals surface area contributed by atoms with Crippen LogP contribution in [0.1, 0.15) is 17.5 Å². The lowest BCUT2D eigenvalue weighted by Crippen LogP contribution is -2.26. The standard InChI is InChI=1S/C13H17F3N2O/c1-18-6-2-3-11-7-10(4-5-12(11)18)8-17-19-9-13(14,15)16/h4-5,7,17H,2-3,6,8-9H2,1H3. The van der Waals surface area contributed by atoms with Gasteiger partial charge in [0, 0.05) is 25.8 Å². The summed E-state index contributed by atoms with van der Waals surface area (Å²) < 4.78 is 35.6. The maximum absolute atomic E-state index is 11.9. The van der Waals surface area contributed by atoms with E-state index >= 15 is 0 Å². The van der Waals surface area contributed by atoms with Gasteiger partial charge in [-0.05, 0) is 30.0 Å². The summed E-state index contributed by atoms with van der Waals surface area (Å²) in [4.78, 5) is 6.57. The molecular weight excluding hydrogens is 257 g/mol. The molecule has 0 bridgehead atoms. The second-order valence-electron chi connectivity index (χ2n) is 4.71. The fourth-order valence-electron chi connectivity index (χ4n) is 2.22. The molecule has 1 N–H and O–H groups in total. The van der Waals surface area contributed by atoms with Gasteiger partial charge in [-0.2, -0.15) is 18.7 Å². The molecule has 0 spiro atoms. The topological polar surface area (TPSA) is 24.5 Å². The van der Waals surface area contributed by atoms with Gasteiger partial charge in [-0.25, -0.2) is 0 Å². The first-order valence-electron chi connectivity index (χ1n) is 6.20. The highest BCUT2D eigenvalue weighted by Gasteiger charge is 2.27. The fourth-order valence-corrected chi connectivity index (χ4v) is 2.22. The van der Waals surface area contributed by atoms with Gasteiger partial charge in [-0.15, -0.1) is 0 Å². The van der Waals surface area contributed by atoms with Gasteiger partial charge in [0.2, 0.25) is 0 Å². The number of hydrogen-bond donors (Lipinski definition) is 1. The number of hydroxylamine groups is 1. The highest BCUT2D eigenvalue weighted by Crippen LogP contribution is 2.26. The lowest BCUT2D eigenvalue weighted by Gasteiger charge is -2.27. The van der Waals surface area contributed by atoms with Crippen molar-refractivity contribution < 1.29 is 18.0 Å². The third-order valence-corrected chi connectivity index (χ3v) is 3.11. The van der Waals surface area contributed by atoms with Gasteiger partial charge >= 0.3 is 6.18 Å². The average Bonchev–Trinajstić information content (AvgIpc) is 2.34. The number of aryl methyl sites for hydroxylation is 1. The number of rotatable bonds is 4. The number of nitrogens with one attached hydrogen (secondary N) is 1. The second-order valence-corrected chi connectivity index (χ2v) is 4.71. The summed E-state index contributed by atoms with van der Waals surface area (Å²) in [5, 5.41) is 0. The minimum atomic E-state index is -4.30. The summed E-state index contributed by atoms with van der Waals surface area (Å²) in [5.41, 5.74) is 5.71. The van der Waals surface area contributed by atoms with E-state index in [1.165, 1.54) is 11.3 Å². The van der Waals surface area contributed by atoms with E-state index in [1.54, 1.807) is 0 Å². The summed E-state index contributed by atoms with van der Waals surface area (Å²) >= 11 is 0. The number of halogens is 3. The van der Waals surface area contributed by atoms with Crippen molar-refractivity contribution in [2.24, 2.45) is 0 Å². The number of alkyl halides is 3. The van der Waals surface area contributed by atoms with Crippen LogP contribution >= 0.6 is 0 Å². The van der Waals surface area contributed by atoms with Crippen LogP contribution in [-0.2, 0) is 17.8 Å². The summed E-state index contributed by atoms with van der Waals surface area (Å²) in [6, 6.07) is 5.94. The SMILES string of the molecule is CN1CCCc2cc(CNOCC(F)(F)F)ccc21. The molecule has 0 aliphatic carbocycles. The monoisotopic (exact) mass is 274 g/mol. The Kier molecular flexibility index (Phi) is 4.31. The van der Waals surface area contributed by atoms with E-state index in [1.807, 2.05) is 25.2 Å². The van der Waals surface area contributed by atoms with Crippen LogP contribution in [0.3, 0.4) is 0 Å². The maximum atomic E-state index is 11.9. The lowest BCUT2D eigenvalue weighted by molar-refractivity contribution is -0.190. The molecular formula is C13H17F3N2O. The largest absolute Gasteiger partial charge is 0.413 e. The Bertz CT molecular complexity index is 434. The number of fused-ring (bicyclic) bond motifs is 1. The quantitative estimate of drug-likeness (QED) is 0.675. The number of anilines is 1. The number of hydrogen-bond acceptors (Lipinski definition) is 3. The third-order valence-electron chi connectivity index (χ3n) is 3.11. The van der Waals surface area contributed by atoms with E-state index in [0.29, 0.717) is 0 Å². The molecule has 1 aromatic carbocycles. The maximum Gasteiger partial charge on any atom is 0.413 e. The van der Waals surface area contributed by atoms with E-state index in [2.05, 4.69) is 15.2 Å².